The third-order valence-electron chi connectivity index (χ3n) is 6.70. The van der Waals surface area contributed by atoms with Crippen molar-refractivity contribution in [1.29, 1.82) is 0 Å². The first-order chi connectivity index (χ1) is 17.9. The van der Waals surface area contributed by atoms with Gasteiger partial charge in [0.2, 0.25) is 0 Å². The van der Waals surface area contributed by atoms with Crippen LogP contribution in [0.3, 0.4) is 0 Å². The van der Waals surface area contributed by atoms with E-state index in [1.54, 1.807) is 30.3 Å². The maximum absolute atomic E-state index is 13.4. The molecule has 10 nitrogen and oxygen atoms in total. The Bertz CT molecular complexity index is 1260. The number of phenolic OH excluding ortho intramolecular Hbond substituents is 1. The SMILES string of the molecule is COc1cc([C@H]2C(=C(O)c3ccc4c(c3)OCCO4)C(=O)C(=O)N2CCN2CCOCC2)cc(Br)c1O. The second-order valence-corrected chi connectivity index (χ2v) is 9.71. The lowest BCUT2D eigenvalue weighted by Gasteiger charge is -2.31. The molecule has 2 fully saturated rings. The summed E-state index contributed by atoms with van der Waals surface area (Å²) in [6.45, 7) is 4.24. The fourth-order valence-electron chi connectivity index (χ4n) is 4.78. The van der Waals surface area contributed by atoms with E-state index in [0.29, 0.717) is 60.1 Å². The summed E-state index contributed by atoms with van der Waals surface area (Å²) in [4.78, 5) is 30.3. The second kappa shape index (κ2) is 10.6. The molecule has 1 atom stereocenters. The highest BCUT2D eigenvalue weighted by Crippen LogP contribution is 2.45. The lowest BCUT2D eigenvalue weighted by Crippen LogP contribution is -2.42. The van der Waals surface area contributed by atoms with Crippen molar-refractivity contribution in [1.82, 2.24) is 9.80 Å². The standard InChI is InChI=1S/C26H27BrN2O8/c1-34-20-14-16(12-17(27)24(20)31)22-21(23(30)15-2-3-18-19(13-15)37-11-10-36-18)25(32)26(33)29(22)5-4-28-6-8-35-9-7-28/h2-3,12-14,22,30-31H,4-11H2,1H3/t22-/m0/s1. The Kier molecular flexibility index (Phi) is 7.27. The number of rotatable bonds is 6. The summed E-state index contributed by atoms with van der Waals surface area (Å²) in [5.74, 6) is -0.772. The summed E-state index contributed by atoms with van der Waals surface area (Å²) in [5, 5.41) is 21.7. The molecule has 3 heterocycles. The van der Waals surface area contributed by atoms with Crippen LogP contribution < -0.4 is 14.2 Å². The van der Waals surface area contributed by atoms with E-state index in [1.165, 1.54) is 12.0 Å². The zero-order valence-corrected chi connectivity index (χ0v) is 21.8. The van der Waals surface area contributed by atoms with Crippen molar-refractivity contribution < 1.29 is 38.7 Å². The van der Waals surface area contributed by atoms with Gasteiger partial charge in [-0.25, -0.2) is 0 Å². The van der Waals surface area contributed by atoms with Crippen LogP contribution in [0.2, 0.25) is 0 Å². The number of aliphatic hydroxyl groups excluding tert-OH is 1. The zero-order valence-electron chi connectivity index (χ0n) is 20.2. The van der Waals surface area contributed by atoms with Gasteiger partial charge in [-0.1, -0.05) is 0 Å². The van der Waals surface area contributed by atoms with Gasteiger partial charge in [0.1, 0.15) is 19.0 Å². The first-order valence-electron chi connectivity index (χ1n) is 11.9. The number of ketones is 1. The molecule has 11 heteroatoms. The van der Waals surface area contributed by atoms with Crippen molar-refractivity contribution in [2.24, 2.45) is 0 Å². The molecule has 3 aliphatic rings. The maximum Gasteiger partial charge on any atom is 0.295 e. The van der Waals surface area contributed by atoms with E-state index < -0.39 is 17.7 Å². The van der Waals surface area contributed by atoms with E-state index in [9.17, 15) is 19.8 Å². The first kappa shape index (κ1) is 25.4. The number of ether oxygens (including phenoxy) is 4. The lowest BCUT2D eigenvalue weighted by molar-refractivity contribution is -0.140. The van der Waals surface area contributed by atoms with Crippen LogP contribution in [-0.2, 0) is 14.3 Å². The average molecular weight is 575 g/mol. The smallest absolute Gasteiger partial charge is 0.295 e. The average Bonchev–Trinajstić information content (AvgIpc) is 3.18. The highest BCUT2D eigenvalue weighted by Gasteiger charge is 2.46. The van der Waals surface area contributed by atoms with Crippen LogP contribution in [0.15, 0.2) is 40.4 Å². The van der Waals surface area contributed by atoms with E-state index in [4.69, 9.17) is 18.9 Å². The molecule has 0 aliphatic carbocycles. The van der Waals surface area contributed by atoms with Gasteiger partial charge in [0.05, 0.1) is 36.4 Å². The summed E-state index contributed by atoms with van der Waals surface area (Å²) >= 11 is 3.33. The third-order valence-corrected chi connectivity index (χ3v) is 7.31. The van der Waals surface area contributed by atoms with E-state index in [-0.39, 0.29) is 29.4 Å². The minimum absolute atomic E-state index is 0.0525. The highest BCUT2D eigenvalue weighted by atomic mass is 79.9. The van der Waals surface area contributed by atoms with Crippen molar-refractivity contribution >= 4 is 33.4 Å². The highest BCUT2D eigenvalue weighted by molar-refractivity contribution is 9.10. The molecule has 3 aliphatic heterocycles. The number of halogens is 1. The van der Waals surface area contributed by atoms with Crippen LogP contribution in [0, 0.1) is 0 Å². The number of Topliss-reactive ketones (excluding diaryl/α,β-unsaturated/α-hetero) is 1. The minimum Gasteiger partial charge on any atom is -0.507 e. The molecule has 0 spiro atoms. The quantitative estimate of drug-likeness (QED) is 0.305. The number of aliphatic hydroxyl groups is 1. The van der Waals surface area contributed by atoms with Gasteiger partial charge in [0.15, 0.2) is 23.0 Å². The Labute approximate surface area is 222 Å². The number of benzene rings is 2. The van der Waals surface area contributed by atoms with E-state index in [2.05, 4.69) is 20.8 Å². The van der Waals surface area contributed by atoms with Crippen LogP contribution in [0.25, 0.3) is 5.76 Å². The molecular weight excluding hydrogens is 548 g/mol. The van der Waals surface area contributed by atoms with Crippen LogP contribution >= 0.6 is 15.9 Å². The number of fused-ring (bicyclic) bond motifs is 1. The van der Waals surface area contributed by atoms with E-state index in [1.807, 2.05) is 0 Å². The van der Waals surface area contributed by atoms with E-state index >= 15 is 0 Å². The number of carbonyl (C=O) groups excluding carboxylic acids is 2. The topological polar surface area (TPSA) is 118 Å². The monoisotopic (exact) mass is 574 g/mol. The first-order valence-corrected chi connectivity index (χ1v) is 12.7. The molecule has 0 saturated carbocycles. The van der Waals surface area contributed by atoms with Crippen molar-refractivity contribution in [3.05, 3.63) is 51.5 Å². The Morgan fingerprint density at radius 3 is 2.51 bits per heavy atom. The largest absolute Gasteiger partial charge is 0.507 e. The summed E-state index contributed by atoms with van der Waals surface area (Å²) in [7, 11) is 1.41. The van der Waals surface area contributed by atoms with Crippen LogP contribution in [0.1, 0.15) is 17.2 Å². The zero-order chi connectivity index (χ0) is 26.1. The molecule has 0 radical (unpaired) electrons. The molecule has 0 unspecified atom stereocenters. The Hall–Kier alpha value is -3.28. The van der Waals surface area contributed by atoms with Gasteiger partial charge in [0, 0.05) is 31.7 Å². The molecule has 0 aromatic heterocycles. The van der Waals surface area contributed by atoms with Gasteiger partial charge in [0.25, 0.3) is 11.7 Å². The van der Waals surface area contributed by atoms with Gasteiger partial charge in [-0.2, -0.15) is 0 Å². The minimum atomic E-state index is -0.903. The van der Waals surface area contributed by atoms with Crippen LogP contribution in [0.5, 0.6) is 23.0 Å². The fourth-order valence-corrected chi connectivity index (χ4v) is 5.24. The number of hydrogen-bond donors (Lipinski definition) is 2. The fraction of sp³-hybridized carbons (Fsp3) is 0.385. The molecule has 1 amide bonds. The van der Waals surface area contributed by atoms with Crippen molar-refractivity contribution in [2.75, 3.05) is 59.7 Å². The summed E-state index contributed by atoms with van der Waals surface area (Å²) in [6, 6.07) is 7.15. The molecule has 2 N–H and O–H groups in total. The molecular formula is C26H27BrN2O8. The molecule has 37 heavy (non-hydrogen) atoms. The molecule has 5 rings (SSSR count). The number of phenols is 1. The summed E-state index contributed by atoms with van der Waals surface area (Å²) in [6.07, 6.45) is 0. The van der Waals surface area contributed by atoms with Gasteiger partial charge < -0.3 is 34.1 Å². The number of morpholine rings is 1. The third kappa shape index (κ3) is 4.86. The Balaban J connectivity index is 1.59. The molecule has 196 valence electrons. The number of aromatic hydroxyl groups is 1. The van der Waals surface area contributed by atoms with E-state index in [0.717, 1.165) is 13.1 Å². The van der Waals surface area contributed by atoms with Gasteiger partial charge in [-0.15, -0.1) is 0 Å². The van der Waals surface area contributed by atoms with Crippen LogP contribution in [-0.4, -0.2) is 91.4 Å². The normalized spacial score (nSPS) is 21.4. The van der Waals surface area contributed by atoms with Gasteiger partial charge in [-0.3, -0.25) is 14.5 Å². The Morgan fingerprint density at radius 2 is 1.78 bits per heavy atom. The predicted molar refractivity (Wildman–Crippen MR) is 136 cm³/mol. The van der Waals surface area contributed by atoms with Gasteiger partial charge in [-0.05, 0) is 51.8 Å². The predicted octanol–water partition coefficient (Wildman–Crippen LogP) is 2.69. The summed E-state index contributed by atoms with van der Waals surface area (Å²) < 4.78 is 22.3. The van der Waals surface area contributed by atoms with Gasteiger partial charge >= 0.3 is 0 Å². The number of likely N-dealkylation sites (tertiary alicyclic amines) is 1. The lowest BCUT2D eigenvalue weighted by atomic mass is 9.94. The van der Waals surface area contributed by atoms with Crippen LogP contribution in [0.4, 0.5) is 0 Å². The van der Waals surface area contributed by atoms with Crippen molar-refractivity contribution in [3.63, 3.8) is 0 Å². The van der Waals surface area contributed by atoms with Crippen molar-refractivity contribution in [3.8, 4) is 23.0 Å². The maximum atomic E-state index is 13.4. The van der Waals surface area contributed by atoms with Crippen molar-refractivity contribution in [2.45, 2.75) is 6.04 Å². The Morgan fingerprint density at radius 1 is 1.05 bits per heavy atom. The molecule has 2 saturated heterocycles. The molecule has 0 bridgehead atoms. The molecule has 2 aromatic carbocycles. The molecule has 2 aromatic rings. The number of methoxy groups -OCH3 is 1. The number of carbonyl (C=O) groups is 2. The second-order valence-electron chi connectivity index (χ2n) is 8.86. The number of hydrogen-bond acceptors (Lipinski definition) is 9. The summed E-state index contributed by atoms with van der Waals surface area (Å²) in [5.41, 5.74) is 0.773. The number of nitrogens with zero attached hydrogens (tertiary/aromatic N) is 2. The number of amides is 1.